The van der Waals surface area contributed by atoms with Crippen LogP contribution in [0.3, 0.4) is 0 Å². The summed E-state index contributed by atoms with van der Waals surface area (Å²) in [6.07, 6.45) is 12.3. The molecular formula is C19H25N5. The third kappa shape index (κ3) is 2.91. The van der Waals surface area contributed by atoms with Crippen LogP contribution in [-0.4, -0.2) is 35.0 Å². The Morgan fingerprint density at radius 2 is 2.17 bits per heavy atom. The molecule has 0 amide bonds. The highest BCUT2D eigenvalue weighted by molar-refractivity contribution is 6.04. The van der Waals surface area contributed by atoms with Crippen LogP contribution in [0.15, 0.2) is 52.1 Å². The van der Waals surface area contributed by atoms with Crippen LogP contribution < -0.4 is 5.32 Å². The Morgan fingerprint density at radius 3 is 2.96 bits per heavy atom. The number of aliphatic imine (C=N–C) groups is 1. The zero-order valence-corrected chi connectivity index (χ0v) is 14.1. The number of allylic oxidation sites excluding steroid dienone is 2. The molecule has 1 atom stereocenters. The van der Waals surface area contributed by atoms with E-state index in [2.05, 4.69) is 28.4 Å². The normalized spacial score (nSPS) is 24.2. The van der Waals surface area contributed by atoms with Gasteiger partial charge in [0.15, 0.2) is 5.82 Å². The van der Waals surface area contributed by atoms with Crippen molar-refractivity contribution >= 4 is 17.6 Å². The van der Waals surface area contributed by atoms with Crippen molar-refractivity contribution in [2.45, 2.75) is 32.6 Å². The fourth-order valence-corrected chi connectivity index (χ4v) is 3.48. The molecule has 1 N–H and O–H groups in total. The van der Waals surface area contributed by atoms with Gasteiger partial charge in [-0.05, 0) is 62.9 Å². The summed E-state index contributed by atoms with van der Waals surface area (Å²) in [6, 6.07) is 4.09. The summed E-state index contributed by atoms with van der Waals surface area (Å²) in [5.41, 5.74) is 4.70. The van der Waals surface area contributed by atoms with Gasteiger partial charge in [0.25, 0.3) is 0 Å². The summed E-state index contributed by atoms with van der Waals surface area (Å²) in [5.74, 6) is 1.48. The third-order valence-corrected chi connectivity index (χ3v) is 4.87. The van der Waals surface area contributed by atoms with E-state index in [1.807, 2.05) is 35.7 Å². The molecule has 1 unspecified atom stereocenters. The van der Waals surface area contributed by atoms with Crippen molar-refractivity contribution in [3.63, 3.8) is 0 Å². The summed E-state index contributed by atoms with van der Waals surface area (Å²) in [7, 11) is 0. The van der Waals surface area contributed by atoms with Crippen LogP contribution >= 0.6 is 0 Å². The second-order valence-electron chi connectivity index (χ2n) is 6.60. The summed E-state index contributed by atoms with van der Waals surface area (Å²) in [4.78, 5) is 9.17. The van der Waals surface area contributed by atoms with Crippen molar-refractivity contribution in [3.05, 3.63) is 47.6 Å². The Bertz CT molecular complexity index is 729. The van der Waals surface area contributed by atoms with Gasteiger partial charge in [-0.3, -0.25) is 4.98 Å². The largest absolute Gasteiger partial charge is 0.316 e. The van der Waals surface area contributed by atoms with Crippen LogP contribution in [0.2, 0.25) is 0 Å². The van der Waals surface area contributed by atoms with Crippen LogP contribution in [0.1, 0.15) is 39.6 Å². The molecule has 0 saturated carbocycles. The third-order valence-electron chi connectivity index (χ3n) is 4.87. The van der Waals surface area contributed by atoms with E-state index in [0.717, 1.165) is 43.0 Å². The Kier molecular flexibility index (Phi) is 4.26. The lowest BCUT2D eigenvalue weighted by Gasteiger charge is -2.31. The van der Waals surface area contributed by atoms with Crippen molar-refractivity contribution in [1.29, 1.82) is 0 Å². The maximum absolute atomic E-state index is 5.02. The van der Waals surface area contributed by atoms with E-state index in [4.69, 9.17) is 4.99 Å². The smallest absolute Gasteiger partial charge is 0.153 e. The van der Waals surface area contributed by atoms with Crippen molar-refractivity contribution in [3.8, 4) is 0 Å². The molecule has 4 heterocycles. The van der Waals surface area contributed by atoms with Crippen LogP contribution in [0, 0.1) is 5.92 Å². The van der Waals surface area contributed by atoms with Gasteiger partial charge in [-0.15, -0.1) is 0 Å². The molecule has 0 radical (unpaired) electrons. The van der Waals surface area contributed by atoms with Gasteiger partial charge in [-0.2, -0.15) is 5.10 Å². The lowest BCUT2D eigenvalue weighted by atomic mass is 9.92. The second kappa shape index (κ2) is 6.69. The van der Waals surface area contributed by atoms with Gasteiger partial charge in [0.2, 0.25) is 0 Å². The molecule has 5 heteroatoms. The molecule has 5 nitrogen and oxygen atoms in total. The molecule has 1 aromatic rings. The van der Waals surface area contributed by atoms with Crippen LogP contribution in [0.25, 0.3) is 5.70 Å². The number of nitrogens with zero attached hydrogens (tertiary/aromatic N) is 4. The summed E-state index contributed by atoms with van der Waals surface area (Å²) in [6.45, 7) is 4.30. The monoisotopic (exact) mass is 323 g/mol. The lowest BCUT2D eigenvalue weighted by molar-refractivity contribution is 0.452. The minimum Gasteiger partial charge on any atom is -0.316 e. The Balaban J connectivity index is 0.00000182. The highest BCUT2D eigenvalue weighted by Gasteiger charge is 2.28. The zero-order chi connectivity index (χ0) is 16.4. The van der Waals surface area contributed by atoms with Gasteiger partial charge in [-0.1, -0.05) is 0 Å². The molecule has 1 aromatic heterocycles. The molecule has 126 valence electrons. The number of aromatic nitrogens is 1. The van der Waals surface area contributed by atoms with E-state index in [1.165, 1.54) is 24.1 Å². The Hall–Kier alpha value is -2.27. The highest BCUT2D eigenvalue weighted by Crippen LogP contribution is 2.34. The first-order valence-electron chi connectivity index (χ1n) is 8.76. The fourth-order valence-electron chi connectivity index (χ4n) is 3.48. The second-order valence-corrected chi connectivity index (χ2v) is 6.60. The van der Waals surface area contributed by atoms with Crippen molar-refractivity contribution in [1.82, 2.24) is 15.3 Å². The maximum atomic E-state index is 5.02. The van der Waals surface area contributed by atoms with E-state index in [0.29, 0.717) is 5.92 Å². The molecule has 0 aliphatic carbocycles. The maximum Gasteiger partial charge on any atom is 0.153 e. The highest BCUT2D eigenvalue weighted by atomic mass is 15.5. The molecule has 3 aliphatic rings. The Morgan fingerprint density at radius 1 is 1.29 bits per heavy atom. The number of piperidine rings is 1. The van der Waals surface area contributed by atoms with Crippen molar-refractivity contribution in [2.75, 3.05) is 13.1 Å². The van der Waals surface area contributed by atoms with Gasteiger partial charge in [-0.25, -0.2) is 10.0 Å². The van der Waals surface area contributed by atoms with Crippen LogP contribution in [0.5, 0.6) is 0 Å². The molecule has 0 aromatic carbocycles. The first-order chi connectivity index (χ1) is 11.8. The predicted octanol–water partition coefficient (Wildman–Crippen LogP) is 3.44. The van der Waals surface area contributed by atoms with Gasteiger partial charge in [0, 0.05) is 43.8 Å². The molecule has 0 spiro atoms. The quantitative estimate of drug-likeness (QED) is 0.907. The van der Waals surface area contributed by atoms with Crippen LogP contribution in [-0.2, 0) is 0 Å². The summed E-state index contributed by atoms with van der Waals surface area (Å²) in [5, 5.41) is 10.2. The SMILES string of the molecule is CC1=C2N=C(C3CCCNC3)C=C(c3ccncc3)N2N=CCC1.[HH]. The van der Waals surface area contributed by atoms with Crippen LogP contribution in [0.4, 0.5) is 0 Å². The van der Waals surface area contributed by atoms with E-state index in [9.17, 15) is 0 Å². The Labute approximate surface area is 144 Å². The summed E-state index contributed by atoms with van der Waals surface area (Å²) >= 11 is 0. The van der Waals surface area contributed by atoms with E-state index < -0.39 is 0 Å². The van der Waals surface area contributed by atoms with Gasteiger partial charge in [0.1, 0.15) is 0 Å². The minimum atomic E-state index is 0. The first-order valence-corrected chi connectivity index (χ1v) is 8.76. The number of hydrogen-bond donors (Lipinski definition) is 1. The molecular weight excluding hydrogens is 298 g/mol. The van der Waals surface area contributed by atoms with E-state index in [-0.39, 0.29) is 1.43 Å². The number of rotatable bonds is 2. The molecule has 3 aliphatic heterocycles. The molecule has 1 fully saturated rings. The average Bonchev–Trinajstić information content (AvgIpc) is 2.84. The summed E-state index contributed by atoms with van der Waals surface area (Å²) < 4.78 is 0. The lowest BCUT2D eigenvalue weighted by Crippen LogP contribution is -2.35. The number of hydrazone groups is 1. The van der Waals surface area contributed by atoms with Gasteiger partial charge < -0.3 is 5.32 Å². The van der Waals surface area contributed by atoms with Gasteiger partial charge >= 0.3 is 0 Å². The molecule has 24 heavy (non-hydrogen) atoms. The number of nitrogens with one attached hydrogen (secondary N) is 1. The van der Waals surface area contributed by atoms with Crippen molar-refractivity contribution < 1.29 is 1.43 Å². The molecule has 4 rings (SSSR count). The minimum absolute atomic E-state index is 0. The molecule has 0 bridgehead atoms. The fraction of sp³-hybridized carbons (Fsp3) is 0.421. The molecule has 1 saturated heterocycles. The topological polar surface area (TPSA) is 52.9 Å². The predicted molar refractivity (Wildman–Crippen MR) is 99.6 cm³/mol. The number of pyridine rings is 1. The van der Waals surface area contributed by atoms with Gasteiger partial charge in [0.05, 0.1) is 5.70 Å². The average molecular weight is 323 g/mol. The first kappa shape index (κ1) is 15.3. The number of fused-ring (bicyclic) bond motifs is 1. The van der Waals surface area contributed by atoms with E-state index >= 15 is 0 Å². The zero-order valence-electron chi connectivity index (χ0n) is 14.1. The number of hydrogen-bond acceptors (Lipinski definition) is 5. The standard InChI is InChI=1S/C19H23N5.H2/c1-14-4-2-9-22-24-18(15-6-10-20-11-7-15)12-17(23-19(14)24)16-5-3-8-21-13-16;/h6-7,9-12,16,21H,2-5,8,13H2,1H3;1H. The van der Waals surface area contributed by atoms with E-state index in [1.54, 1.807) is 0 Å². The van der Waals surface area contributed by atoms with Crippen molar-refractivity contribution in [2.24, 2.45) is 16.0 Å².